The maximum atomic E-state index is 13.9. The van der Waals surface area contributed by atoms with E-state index in [1.807, 2.05) is 6.07 Å². The molecule has 11 heteroatoms. The van der Waals surface area contributed by atoms with Crippen LogP contribution in [0, 0.1) is 0 Å². The molecule has 0 aliphatic rings. The molecule has 0 saturated heterocycles. The third-order valence-corrected chi connectivity index (χ3v) is 7.79. The normalized spacial score (nSPS) is 11.2. The molecule has 3 rings (SSSR count). The molecule has 1 aromatic heterocycles. The second-order valence-electron chi connectivity index (χ2n) is 7.56. The Hall–Kier alpha value is -3.15. The Kier molecular flexibility index (Phi) is 9.47. The predicted octanol–water partition coefficient (Wildman–Crippen LogP) is 4.28. The maximum Gasteiger partial charge on any atom is 0.280 e. The smallest absolute Gasteiger partial charge is 0.280 e. The molecule has 0 fully saturated rings. The van der Waals surface area contributed by atoms with Gasteiger partial charge in [-0.2, -0.15) is 0 Å². The Balaban J connectivity index is 2.14. The SMILES string of the molecule is CCCCCSc1ncc(C(=O)NO)c(N(Cc2ccccc2)S(=O)(=O)c2cccc(OC)c2)n1. The summed E-state index contributed by atoms with van der Waals surface area (Å²) in [4.78, 5) is 21.1. The fourth-order valence-corrected chi connectivity index (χ4v) is 5.53. The fraction of sp³-hybridized carbons (Fsp3) is 0.292. The summed E-state index contributed by atoms with van der Waals surface area (Å²) in [6, 6.07) is 15.0. The number of hydrogen-bond acceptors (Lipinski definition) is 8. The van der Waals surface area contributed by atoms with Gasteiger partial charge in [0.15, 0.2) is 11.0 Å². The molecular weight excluding hydrogens is 488 g/mol. The van der Waals surface area contributed by atoms with E-state index in [4.69, 9.17) is 4.74 Å². The topological polar surface area (TPSA) is 122 Å². The number of thioether (sulfide) groups is 1. The highest BCUT2D eigenvalue weighted by molar-refractivity contribution is 7.99. The van der Waals surface area contributed by atoms with Crippen LogP contribution in [-0.4, -0.2) is 42.4 Å². The van der Waals surface area contributed by atoms with Gasteiger partial charge in [0.05, 0.1) is 18.6 Å². The summed E-state index contributed by atoms with van der Waals surface area (Å²) in [5.74, 6) is 0.0757. The van der Waals surface area contributed by atoms with Crippen LogP contribution in [0.1, 0.15) is 42.1 Å². The van der Waals surface area contributed by atoms with Crippen LogP contribution in [-0.2, 0) is 16.6 Å². The number of rotatable bonds is 12. The zero-order chi connectivity index (χ0) is 25.3. The van der Waals surface area contributed by atoms with Gasteiger partial charge < -0.3 is 4.74 Å². The lowest BCUT2D eigenvalue weighted by Crippen LogP contribution is -2.34. The minimum absolute atomic E-state index is 0.0288. The van der Waals surface area contributed by atoms with Crippen molar-refractivity contribution in [3.63, 3.8) is 0 Å². The first kappa shape index (κ1) is 26.5. The third kappa shape index (κ3) is 6.71. The standard InChI is InChI=1S/C24H28N4O5S2/c1-3-4-8-14-34-24-25-16-21(23(29)27-30)22(26-24)28(17-18-10-6-5-7-11-18)35(31,32)20-13-9-12-19(15-20)33-2/h5-7,9-13,15-16,30H,3-4,8,14,17H2,1-2H3,(H,27,29). The van der Waals surface area contributed by atoms with Gasteiger partial charge in [0.2, 0.25) is 0 Å². The van der Waals surface area contributed by atoms with Crippen molar-refractivity contribution in [3.8, 4) is 5.75 Å². The zero-order valence-electron chi connectivity index (χ0n) is 19.5. The molecule has 35 heavy (non-hydrogen) atoms. The highest BCUT2D eigenvalue weighted by Crippen LogP contribution is 2.30. The number of anilines is 1. The fourth-order valence-electron chi connectivity index (χ4n) is 3.26. The average molecular weight is 517 g/mol. The van der Waals surface area contributed by atoms with Crippen molar-refractivity contribution in [1.29, 1.82) is 0 Å². The van der Waals surface area contributed by atoms with Gasteiger partial charge in [0, 0.05) is 18.0 Å². The molecule has 3 aromatic rings. The molecule has 0 saturated carbocycles. The average Bonchev–Trinajstić information content (AvgIpc) is 2.89. The van der Waals surface area contributed by atoms with Crippen LogP contribution in [0.25, 0.3) is 0 Å². The van der Waals surface area contributed by atoms with Gasteiger partial charge in [-0.25, -0.2) is 28.2 Å². The number of nitrogens with one attached hydrogen (secondary N) is 1. The lowest BCUT2D eigenvalue weighted by Gasteiger charge is -2.25. The minimum Gasteiger partial charge on any atom is -0.497 e. The maximum absolute atomic E-state index is 13.9. The number of aromatic nitrogens is 2. The number of carbonyl (C=O) groups excluding carboxylic acids is 1. The van der Waals surface area contributed by atoms with Gasteiger partial charge in [0.1, 0.15) is 11.3 Å². The van der Waals surface area contributed by atoms with Crippen molar-refractivity contribution in [1.82, 2.24) is 15.4 Å². The minimum atomic E-state index is -4.20. The molecular formula is C24H28N4O5S2. The predicted molar refractivity (Wildman–Crippen MR) is 134 cm³/mol. The third-order valence-electron chi connectivity index (χ3n) is 5.11. The van der Waals surface area contributed by atoms with Crippen molar-refractivity contribution in [2.24, 2.45) is 0 Å². The summed E-state index contributed by atoms with van der Waals surface area (Å²) in [5, 5.41) is 9.63. The molecule has 2 N–H and O–H groups in total. The van der Waals surface area contributed by atoms with Crippen LogP contribution in [0.2, 0.25) is 0 Å². The Labute approximate surface area is 209 Å². The summed E-state index contributed by atoms with van der Waals surface area (Å²) in [6.45, 7) is 2.01. The van der Waals surface area contributed by atoms with E-state index in [-0.39, 0.29) is 22.8 Å². The van der Waals surface area contributed by atoms with Crippen molar-refractivity contribution in [2.45, 2.75) is 42.8 Å². The molecule has 186 valence electrons. The monoisotopic (exact) mass is 516 g/mol. The molecule has 9 nitrogen and oxygen atoms in total. The largest absolute Gasteiger partial charge is 0.497 e. The summed E-state index contributed by atoms with van der Waals surface area (Å²) in [6.07, 6.45) is 4.30. The number of carbonyl (C=O) groups is 1. The number of ether oxygens (including phenoxy) is 1. The molecule has 0 bridgehead atoms. The van der Waals surface area contributed by atoms with E-state index in [9.17, 15) is 18.4 Å². The van der Waals surface area contributed by atoms with Gasteiger partial charge in [-0.1, -0.05) is 67.9 Å². The molecule has 0 spiro atoms. The number of unbranched alkanes of at least 4 members (excludes halogenated alkanes) is 2. The molecule has 0 atom stereocenters. The van der Waals surface area contributed by atoms with Crippen molar-refractivity contribution in [3.05, 3.63) is 71.9 Å². The van der Waals surface area contributed by atoms with Gasteiger partial charge in [-0.3, -0.25) is 10.0 Å². The van der Waals surface area contributed by atoms with Gasteiger partial charge >= 0.3 is 0 Å². The molecule has 0 aliphatic heterocycles. The van der Waals surface area contributed by atoms with Gasteiger partial charge in [0.25, 0.3) is 15.9 Å². The first-order chi connectivity index (χ1) is 16.9. The van der Waals surface area contributed by atoms with E-state index in [0.29, 0.717) is 16.5 Å². The van der Waals surface area contributed by atoms with Gasteiger partial charge in [-0.15, -0.1) is 0 Å². The Morgan fingerprint density at radius 3 is 2.60 bits per heavy atom. The van der Waals surface area contributed by atoms with Crippen LogP contribution in [0.15, 0.2) is 70.8 Å². The van der Waals surface area contributed by atoms with Crippen molar-refractivity contribution in [2.75, 3.05) is 17.2 Å². The van der Waals surface area contributed by atoms with Crippen LogP contribution < -0.4 is 14.5 Å². The lowest BCUT2D eigenvalue weighted by molar-refractivity contribution is 0.0706. The highest BCUT2D eigenvalue weighted by Gasteiger charge is 2.31. The molecule has 1 heterocycles. The van der Waals surface area contributed by atoms with Crippen LogP contribution in [0.3, 0.4) is 0 Å². The summed E-state index contributed by atoms with van der Waals surface area (Å²) in [5.41, 5.74) is 2.07. The van der Waals surface area contributed by atoms with E-state index >= 15 is 0 Å². The summed E-state index contributed by atoms with van der Waals surface area (Å²) in [7, 11) is -2.75. The number of benzene rings is 2. The molecule has 1 amide bonds. The van der Waals surface area contributed by atoms with E-state index in [0.717, 1.165) is 29.3 Å². The number of hydroxylamine groups is 1. The van der Waals surface area contributed by atoms with E-state index in [1.54, 1.807) is 41.9 Å². The van der Waals surface area contributed by atoms with Crippen LogP contribution in [0.5, 0.6) is 5.75 Å². The number of methoxy groups -OCH3 is 1. The van der Waals surface area contributed by atoms with Crippen molar-refractivity contribution >= 4 is 33.5 Å². The Morgan fingerprint density at radius 1 is 1.14 bits per heavy atom. The molecule has 0 aliphatic carbocycles. The zero-order valence-corrected chi connectivity index (χ0v) is 21.2. The van der Waals surface area contributed by atoms with E-state index < -0.39 is 15.9 Å². The Morgan fingerprint density at radius 2 is 1.91 bits per heavy atom. The second-order valence-corrected chi connectivity index (χ2v) is 10.5. The first-order valence-electron chi connectivity index (χ1n) is 11.1. The number of hydrogen-bond donors (Lipinski definition) is 2. The lowest BCUT2D eigenvalue weighted by atomic mass is 10.2. The summed E-state index contributed by atoms with van der Waals surface area (Å²) < 4.78 is 34.0. The number of amides is 1. The number of sulfonamides is 1. The second kappa shape index (κ2) is 12.5. The van der Waals surface area contributed by atoms with Crippen molar-refractivity contribution < 1.29 is 23.2 Å². The van der Waals surface area contributed by atoms with E-state index in [1.165, 1.54) is 37.2 Å². The quantitative estimate of drug-likeness (QED) is 0.120. The Bertz CT molecular complexity index is 1240. The number of nitrogens with zero attached hydrogens (tertiary/aromatic N) is 3. The van der Waals surface area contributed by atoms with Crippen LogP contribution >= 0.6 is 11.8 Å². The van der Waals surface area contributed by atoms with E-state index in [2.05, 4.69) is 16.9 Å². The van der Waals surface area contributed by atoms with Gasteiger partial charge in [-0.05, 0) is 24.1 Å². The molecule has 0 unspecified atom stereocenters. The molecule has 2 aromatic carbocycles. The molecule has 0 radical (unpaired) electrons. The summed E-state index contributed by atoms with van der Waals surface area (Å²) >= 11 is 1.38. The first-order valence-corrected chi connectivity index (χ1v) is 13.5. The van der Waals surface area contributed by atoms with Crippen LogP contribution in [0.4, 0.5) is 5.82 Å². The highest BCUT2D eigenvalue weighted by atomic mass is 32.2.